The fraction of sp³-hybridized carbons (Fsp3) is 0.500. The number of hydrogen-bond donors (Lipinski definition) is 0. The zero-order valence-electron chi connectivity index (χ0n) is 7.21. The molecule has 0 atom stereocenters. The Morgan fingerprint density at radius 1 is 1.50 bits per heavy atom. The third-order valence-electron chi connectivity index (χ3n) is 2.35. The Morgan fingerprint density at radius 3 is 3.17 bits per heavy atom. The average molecular weight is 161 g/mol. The van der Waals surface area contributed by atoms with E-state index in [1.807, 2.05) is 6.08 Å². The summed E-state index contributed by atoms with van der Waals surface area (Å²) in [6.45, 7) is 4.57. The van der Waals surface area contributed by atoms with Crippen molar-refractivity contribution < 1.29 is 0 Å². The lowest BCUT2D eigenvalue weighted by molar-refractivity contribution is 0.631. The fourth-order valence-corrected chi connectivity index (χ4v) is 1.75. The summed E-state index contributed by atoms with van der Waals surface area (Å²) in [7, 11) is 0. The molecule has 1 radical (unpaired) electrons. The van der Waals surface area contributed by atoms with Crippen molar-refractivity contribution in [1.29, 1.82) is 0 Å². The van der Waals surface area contributed by atoms with Crippen LogP contribution in [0.25, 0.3) is 0 Å². The first-order chi connectivity index (χ1) is 5.92. The topological polar surface area (TPSA) is 17.8 Å². The van der Waals surface area contributed by atoms with Gasteiger partial charge in [0.05, 0.1) is 5.69 Å². The SMILES string of the molecule is C=CCn1[c]nc2c1CCCC2. The van der Waals surface area contributed by atoms with Gasteiger partial charge in [-0.05, 0) is 25.7 Å². The second-order valence-electron chi connectivity index (χ2n) is 3.21. The van der Waals surface area contributed by atoms with Gasteiger partial charge in [0.25, 0.3) is 0 Å². The molecule has 1 aromatic rings. The highest BCUT2D eigenvalue weighted by atomic mass is 15.1. The fourth-order valence-electron chi connectivity index (χ4n) is 1.75. The first kappa shape index (κ1) is 7.59. The van der Waals surface area contributed by atoms with E-state index in [-0.39, 0.29) is 0 Å². The molecular formula is C10H13N2. The predicted molar refractivity (Wildman–Crippen MR) is 47.9 cm³/mol. The second-order valence-corrected chi connectivity index (χ2v) is 3.21. The van der Waals surface area contributed by atoms with Crippen molar-refractivity contribution in [2.45, 2.75) is 32.2 Å². The molecule has 1 aliphatic carbocycles. The minimum absolute atomic E-state index is 0.850. The van der Waals surface area contributed by atoms with Crippen molar-refractivity contribution in [2.75, 3.05) is 0 Å². The van der Waals surface area contributed by atoms with Gasteiger partial charge in [0, 0.05) is 12.2 Å². The molecule has 0 aliphatic heterocycles. The number of allylic oxidation sites excluding steroid dienone is 1. The number of fused-ring (bicyclic) bond motifs is 1. The summed E-state index contributed by atoms with van der Waals surface area (Å²) in [4.78, 5) is 4.27. The molecule has 0 saturated carbocycles. The zero-order valence-corrected chi connectivity index (χ0v) is 7.21. The number of rotatable bonds is 2. The van der Waals surface area contributed by atoms with Gasteiger partial charge < -0.3 is 4.57 Å². The molecule has 2 nitrogen and oxygen atoms in total. The number of aryl methyl sites for hydroxylation is 1. The summed E-state index contributed by atoms with van der Waals surface area (Å²) >= 11 is 0. The van der Waals surface area contributed by atoms with Crippen LogP contribution in [0, 0.1) is 6.33 Å². The van der Waals surface area contributed by atoms with E-state index in [0.717, 1.165) is 13.0 Å². The van der Waals surface area contributed by atoms with E-state index in [2.05, 4.69) is 22.5 Å². The standard InChI is InChI=1S/C10H13N2/c1-2-7-12-8-11-9-5-3-4-6-10(9)12/h2H,1,3-7H2. The Hall–Kier alpha value is -1.05. The monoisotopic (exact) mass is 161 g/mol. The minimum Gasteiger partial charge on any atom is -0.321 e. The smallest absolute Gasteiger partial charge is 0.177 e. The van der Waals surface area contributed by atoms with Crippen LogP contribution in [0.15, 0.2) is 12.7 Å². The molecule has 1 aliphatic rings. The maximum atomic E-state index is 4.27. The van der Waals surface area contributed by atoms with Crippen LogP contribution in [-0.4, -0.2) is 9.55 Å². The van der Waals surface area contributed by atoms with Crippen LogP contribution >= 0.6 is 0 Å². The van der Waals surface area contributed by atoms with E-state index in [9.17, 15) is 0 Å². The van der Waals surface area contributed by atoms with Gasteiger partial charge in [-0.25, -0.2) is 4.98 Å². The summed E-state index contributed by atoms with van der Waals surface area (Å²) in [5.74, 6) is 0. The molecule has 63 valence electrons. The molecule has 0 N–H and O–H groups in total. The van der Waals surface area contributed by atoms with E-state index in [0.29, 0.717) is 0 Å². The van der Waals surface area contributed by atoms with Gasteiger partial charge in [-0.1, -0.05) is 6.08 Å². The Balaban J connectivity index is 2.31. The predicted octanol–water partition coefficient (Wildman–Crippen LogP) is 1.75. The minimum atomic E-state index is 0.850. The third-order valence-corrected chi connectivity index (χ3v) is 2.35. The van der Waals surface area contributed by atoms with Crippen LogP contribution < -0.4 is 0 Å². The van der Waals surface area contributed by atoms with E-state index in [1.54, 1.807) is 0 Å². The molecule has 0 amide bonds. The zero-order chi connectivity index (χ0) is 8.39. The second kappa shape index (κ2) is 3.13. The van der Waals surface area contributed by atoms with Crippen LogP contribution in [0.4, 0.5) is 0 Å². The van der Waals surface area contributed by atoms with E-state index in [4.69, 9.17) is 0 Å². The van der Waals surface area contributed by atoms with Crippen molar-refractivity contribution >= 4 is 0 Å². The molecule has 2 rings (SSSR count). The van der Waals surface area contributed by atoms with Crippen LogP contribution in [-0.2, 0) is 19.4 Å². The van der Waals surface area contributed by atoms with E-state index < -0.39 is 0 Å². The molecule has 0 unspecified atom stereocenters. The first-order valence-electron chi connectivity index (χ1n) is 4.48. The molecule has 0 saturated heterocycles. The van der Waals surface area contributed by atoms with E-state index in [1.165, 1.54) is 30.7 Å². The molecule has 0 bridgehead atoms. The Kier molecular flexibility index (Phi) is 1.98. The molecule has 0 aromatic carbocycles. The van der Waals surface area contributed by atoms with Crippen molar-refractivity contribution in [2.24, 2.45) is 0 Å². The Labute approximate surface area is 72.9 Å². The van der Waals surface area contributed by atoms with Gasteiger partial charge in [0.2, 0.25) is 0 Å². The average Bonchev–Trinajstić information content (AvgIpc) is 2.50. The normalized spacial score (nSPS) is 15.7. The van der Waals surface area contributed by atoms with Gasteiger partial charge in [-0.3, -0.25) is 0 Å². The van der Waals surface area contributed by atoms with Crippen molar-refractivity contribution in [3.05, 3.63) is 30.4 Å². The maximum absolute atomic E-state index is 4.27. The highest BCUT2D eigenvalue weighted by Gasteiger charge is 2.14. The third kappa shape index (κ3) is 1.17. The van der Waals surface area contributed by atoms with Crippen molar-refractivity contribution in [3.63, 3.8) is 0 Å². The molecular weight excluding hydrogens is 148 g/mol. The number of imidazole rings is 1. The van der Waals surface area contributed by atoms with Crippen molar-refractivity contribution in [3.8, 4) is 0 Å². The molecule has 0 fully saturated rings. The lowest BCUT2D eigenvalue weighted by Gasteiger charge is -2.12. The lowest BCUT2D eigenvalue weighted by atomic mass is 10.0. The molecule has 2 heteroatoms. The summed E-state index contributed by atoms with van der Waals surface area (Å²) in [5.41, 5.74) is 2.63. The van der Waals surface area contributed by atoms with Gasteiger partial charge >= 0.3 is 0 Å². The van der Waals surface area contributed by atoms with Gasteiger partial charge in [0.1, 0.15) is 0 Å². The van der Waals surface area contributed by atoms with Gasteiger partial charge in [-0.2, -0.15) is 0 Å². The summed E-state index contributed by atoms with van der Waals surface area (Å²) in [6.07, 6.45) is 9.79. The summed E-state index contributed by atoms with van der Waals surface area (Å²) < 4.78 is 2.08. The Morgan fingerprint density at radius 2 is 2.33 bits per heavy atom. The quantitative estimate of drug-likeness (QED) is 0.604. The molecule has 12 heavy (non-hydrogen) atoms. The number of aromatic nitrogens is 2. The number of nitrogens with zero attached hydrogens (tertiary/aromatic N) is 2. The maximum Gasteiger partial charge on any atom is 0.177 e. The lowest BCUT2D eigenvalue weighted by Crippen LogP contribution is -2.07. The first-order valence-corrected chi connectivity index (χ1v) is 4.48. The van der Waals surface area contributed by atoms with Crippen LogP contribution in [0.1, 0.15) is 24.2 Å². The molecule has 1 heterocycles. The van der Waals surface area contributed by atoms with Crippen LogP contribution in [0.2, 0.25) is 0 Å². The summed E-state index contributed by atoms with van der Waals surface area (Å²) in [6, 6.07) is 0. The van der Waals surface area contributed by atoms with Crippen LogP contribution in [0.5, 0.6) is 0 Å². The van der Waals surface area contributed by atoms with Gasteiger partial charge in [-0.15, -0.1) is 6.58 Å². The highest BCUT2D eigenvalue weighted by Crippen LogP contribution is 2.19. The summed E-state index contributed by atoms with van der Waals surface area (Å²) in [5, 5.41) is 0. The van der Waals surface area contributed by atoms with Gasteiger partial charge in [0.15, 0.2) is 6.33 Å². The Bertz CT molecular complexity index is 286. The largest absolute Gasteiger partial charge is 0.321 e. The van der Waals surface area contributed by atoms with Crippen molar-refractivity contribution in [1.82, 2.24) is 9.55 Å². The number of hydrogen-bond acceptors (Lipinski definition) is 1. The van der Waals surface area contributed by atoms with Crippen LogP contribution in [0.3, 0.4) is 0 Å². The highest BCUT2D eigenvalue weighted by molar-refractivity contribution is 5.16. The molecule has 1 aromatic heterocycles. The molecule has 0 spiro atoms. The van der Waals surface area contributed by atoms with E-state index >= 15 is 0 Å².